The number of ether oxygens (including phenoxy) is 1. The minimum Gasteiger partial charge on any atom is -0.550 e. The Morgan fingerprint density at radius 1 is 1.12 bits per heavy atom. The zero-order chi connectivity index (χ0) is 17.6. The number of hydrazine groups is 1. The van der Waals surface area contributed by atoms with Crippen LogP contribution < -0.4 is 20.7 Å². The Kier molecular flexibility index (Phi) is 5.25. The van der Waals surface area contributed by atoms with Gasteiger partial charge in [-0.25, -0.2) is 4.99 Å². The van der Waals surface area contributed by atoms with Crippen LogP contribution in [0.1, 0.15) is 12.0 Å². The fourth-order valence-corrected chi connectivity index (χ4v) is 3.24. The number of amidine groups is 1. The van der Waals surface area contributed by atoms with E-state index in [2.05, 4.69) is 15.8 Å². The van der Waals surface area contributed by atoms with Crippen LogP contribution in [0.4, 0.5) is 5.69 Å². The van der Waals surface area contributed by atoms with E-state index in [-0.39, 0.29) is 6.42 Å². The predicted octanol–water partition coefficient (Wildman–Crippen LogP) is 2.03. The summed E-state index contributed by atoms with van der Waals surface area (Å²) in [6.07, 6.45) is -0.189. The summed E-state index contributed by atoms with van der Waals surface area (Å²) in [6, 6.07) is 16.8. The van der Waals surface area contributed by atoms with Gasteiger partial charge in [0.15, 0.2) is 5.17 Å². The summed E-state index contributed by atoms with van der Waals surface area (Å²) in [5.41, 5.74) is 8.39. The molecule has 0 radical (unpaired) electrons. The molecule has 128 valence electrons. The average molecular weight is 354 g/mol. The van der Waals surface area contributed by atoms with E-state index in [9.17, 15) is 9.90 Å². The van der Waals surface area contributed by atoms with Crippen molar-refractivity contribution >= 4 is 34.3 Å². The van der Waals surface area contributed by atoms with E-state index in [0.29, 0.717) is 15.8 Å². The third kappa shape index (κ3) is 4.33. The van der Waals surface area contributed by atoms with Gasteiger partial charge in [0.1, 0.15) is 5.75 Å². The number of benzene rings is 2. The van der Waals surface area contributed by atoms with Crippen molar-refractivity contribution in [2.75, 3.05) is 7.11 Å². The monoisotopic (exact) mass is 354 g/mol. The van der Waals surface area contributed by atoms with Crippen LogP contribution in [0, 0.1) is 0 Å². The highest BCUT2D eigenvalue weighted by atomic mass is 32.2. The van der Waals surface area contributed by atoms with Crippen LogP contribution in [0.3, 0.4) is 0 Å². The van der Waals surface area contributed by atoms with Crippen molar-refractivity contribution in [1.82, 2.24) is 10.9 Å². The maximum atomic E-state index is 11.1. The molecule has 0 bridgehead atoms. The lowest BCUT2D eigenvalue weighted by molar-refractivity contribution is -0.304. The third-order valence-electron chi connectivity index (χ3n) is 3.46. The van der Waals surface area contributed by atoms with E-state index in [1.807, 2.05) is 54.6 Å². The van der Waals surface area contributed by atoms with Crippen molar-refractivity contribution in [3.8, 4) is 5.75 Å². The molecule has 7 heteroatoms. The van der Waals surface area contributed by atoms with Crippen molar-refractivity contribution in [3.05, 3.63) is 65.1 Å². The van der Waals surface area contributed by atoms with Crippen LogP contribution in [0.15, 0.2) is 64.5 Å². The molecule has 0 unspecified atom stereocenters. The smallest absolute Gasteiger partial charge is 0.185 e. The number of nitrogens with zero attached hydrogens (tertiary/aromatic N) is 1. The first-order valence-electron chi connectivity index (χ1n) is 7.57. The number of aliphatic imine (C=N–C) groups is 1. The maximum absolute atomic E-state index is 11.1. The fraction of sp³-hybridized carbons (Fsp3) is 0.111. The van der Waals surface area contributed by atoms with E-state index >= 15 is 0 Å². The lowest BCUT2D eigenvalue weighted by atomic mass is 10.1. The number of hydrogen-bond donors (Lipinski definition) is 2. The van der Waals surface area contributed by atoms with Crippen molar-refractivity contribution in [2.45, 2.75) is 6.42 Å². The van der Waals surface area contributed by atoms with Gasteiger partial charge in [-0.15, -0.1) is 0 Å². The van der Waals surface area contributed by atoms with E-state index in [4.69, 9.17) is 4.74 Å². The summed E-state index contributed by atoms with van der Waals surface area (Å²) >= 11 is 1.27. The summed E-state index contributed by atoms with van der Waals surface area (Å²) in [4.78, 5) is 16.2. The largest absolute Gasteiger partial charge is 0.550 e. The molecule has 1 aliphatic heterocycles. The first-order chi connectivity index (χ1) is 12.2. The molecular weight excluding hydrogens is 338 g/mol. The van der Waals surface area contributed by atoms with Crippen LogP contribution in [0.2, 0.25) is 0 Å². The van der Waals surface area contributed by atoms with Gasteiger partial charge in [0.05, 0.1) is 18.5 Å². The number of carboxylic acid groups (broad SMARTS) is 1. The standard InChI is InChI=1S/C18H17N3O3S/c1-24-14-9-7-13(8-10-14)19-18-21-20-17(12-5-3-2-4-6-12)15(25-18)11-16(22)23/h2-10,20H,11H2,1H3,(H,19,21)(H,22,23)/p-1. The number of carboxylic acids is 1. The molecule has 0 saturated carbocycles. The molecule has 0 atom stereocenters. The number of carbonyl (C=O) groups is 1. The number of thioether (sulfide) groups is 1. The van der Waals surface area contributed by atoms with Gasteiger partial charge in [0.2, 0.25) is 0 Å². The minimum absolute atomic E-state index is 0.189. The zero-order valence-electron chi connectivity index (χ0n) is 13.5. The Morgan fingerprint density at radius 3 is 2.48 bits per heavy atom. The Balaban J connectivity index is 1.88. The van der Waals surface area contributed by atoms with Crippen LogP contribution in [-0.4, -0.2) is 18.2 Å². The number of rotatable bonds is 5. The van der Waals surface area contributed by atoms with Crippen LogP contribution in [0.25, 0.3) is 5.70 Å². The molecule has 0 spiro atoms. The van der Waals surface area contributed by atoms with Gasteiger partial charge in [0, 0.05) is 22.9 Å². The van der Waals surface area contributed by atoms with Crippen molar-refractivity contribution in [1.29, 1.82) is 0 Å². The quantitative estimate of drug-likeness (QED) is 0.855. The molecule has 25 heavy (non-hydrogen) atoms. The van der Waals surface area contributed by atoms with Gasteiger partial charge in [0.25, 0.3) is 0 Å². The Morgan fingerprint density at radius 2 is 1.84 bits per heavy atom. The van der Waals surface area contributed by atoms with Crippen LogP contribution in [0.5, 0.6) is 5.75 Å². The predicted molar refractivity (Wildman–Crippen MR) is 96.9 cm³/mol. The van der Waals surface area contributed by atoms with Gasteiger partial charge in [-0.2, -0.15) is 0 Å². The second-order valence-electron chi connectivity index (χ2n) is 5.18. The number of aliphatic carboxylic acids is 1. The molecule has 2 N–H and O–H groups in total. The summed E-state index contributed by atoms with van der Waals surface area (Å²) in [5.74, 6) is -0.390. The highest BCUT2D eigenvalue weighted by Gasteiger charge is 2.19. The van der Waals surface area contributed by atoms with E-state index < -0.39 is 5.97 Å². The Bertz CT molecular complexity index is 817. The average Bonchev–Trinajstić information content (AvgIpc) is 2.63. The number of methoxy groups -OCH3 is 1. The topological polar surface area (TPSA) is 85.8 Å². The highest BCUT2D eigenvalue weighted by Crippen LogP contribution is 2.32. The normalized spacial score (nSPS) is 15.5. The molecule has 0 aliphatic carbocycles. The molecular formula is C18H16N3O3S-. The first kappa shape index (κ1) is 16.9. The first-order valence-corrected chi connectivity index (χ1v) is 8.38. The van der Waals surface area contributed by atoms with Crippen molar-refractivity contribution in [2.24, 2.45) is 4.99 Å². The van der Waals surface area contributed by atoms with E-state index in [1.165, 1.54) is 11.8 Å². The van der Waals surface area contributed by atoms with E-state index in [1.54, 1.807) is 7.11 Å². The molecule has 0 aromatic heterocycles. The van der Waals surface area contributed by atoms with Gasteiger partial charge < -0.3 is 14.6 Å². The summed E-state index contributed by atoms with van der Waals surface area (Å²) in [6.45, 7) is 0. The molecule has 1 aliphatic rings. The lowest BCUT2D eigenvalue weighted by Gasteiger charge is -2.24. The van der Waals surface area contributed by atoms with Gasteiger partial charge in [-0.1, -0.05) is 42.1 Å². The number of carbonyl (C=O) groups excluding carboxylic acids is 1. The summed E-state index contributed by atoms with van der Waals surface area (Å²) in [7, 11) is 1.60. The Labute approximate surface area is 149 Å². The van der Waals surface area contributed by atoms with Crippen LogP contribution in [-0.2, 0) is 4.79 Å². The SMILES string of the molecule is COc1ccc(N=C2NNC(c3ccccc3)=C(CC(=O)[O-])S2)cc1. The fourth-order valence-electron chi connectivity index (χ4n) is 2.30. The van der Waals surface area contributed by atoms with Gasteiger partial charge in [-0.3, -0.25) is 10.9 Å². The molecule has 0 fully saturated rings. The molecule has 2 aromatic rings. The zero-order valence-corrected chi connectivity index (χ0v) is 14.3. The molecule has 1 heterocycles. The molecule has 3 rings (SSSR count). The maximum Gasteiger partial charge on any atom is 0.185 e. The molecule has 0 saturated heterocycles. The lowest BCUT2D eigenvalue weighted by Crippen LogP contribution is -2.39. The van der Waals surface area contributed by atoms with Crippen LogP contribution >= 0.6 is 11.8 Å². The highest BCUT2D eigenvalue weighted by molar-refractivity contribution is 8.17. The molecule has 6 nitrogen and oxygen atoms in total. The number of hydrogen-bond acceptors (Lipinski definition) is 6. The van der Waals surface area contributed by atoms with E-state index in [0.717, 1.165) is 17.0 Å². The van der Waals surface area contributed by atoms with Gasteiger partial charge >= 0.3 is 0 Å². The summed E-state index contributed by atoms with van der Waals surface area (Å²) < 4.78 is 5.12. The second-order valence-corrected chi connectivity index (χ2v) is 6.26. The second kappa shape index (κ2) is 7.76. The Hall–Kier alpha value is -2.93. The van der Waals surface area contributed by atoms with Gasteiger partial charge in [-0.05, 0) is 24.3 Å². The summed E-state index contributed by atoms with van der Waals surface area (Å²) in [5, 5.41) is 11.7. The minimum atomic E-state index is -1.14. The number of nitrogens with one attached hydrogen (secondary N) is 2. The van der Waals surface area contributed by atoms with Crippen molar-refractivity contribution < 1.29 is 14.6 Å². The third-order valence-corrected chi connectivity index (χ3v) is 4.45. The molecule has 2 aromatic carbocycles. The molecule has 0 amide bonds. The van der Waals surface area contributed by atoms with Crippen molar-refractivity contribution in [3.63, 3.8) is 0 Å².